The number of nitrogens with zero attached hydrogens (tertiary/aromatic N) is 1. The van der Waals surface area contributed by atoms with Crippen molar-refractivity contribution in [1.82, 2.24) is 5.43 Å². The summed E-state index contributed by atoms with van der Waals surface area (Å²) in [7, 11) is 0. The number of amides is 1. The first-order valence-electron chi connectivity index (χ1n) is 7.20. The van der Waals surface area contributed by atoms with Gasteiger partial charge in [-0.1, -0.05) is 31.9 Å². The minimum atomic E-state index is 0.0984. The van der Waals surface area contributed by atoms with Crippen molar-refractivity contribution in [2.75, 3.05) is 0 Å². The number of halogens is 1. The van der Waals surface area contributed by atoms with Crippen LogP contribution in [0.2, 0.25) is 0 Å². The van der Waals surface area contributed by atoms with E-state index < -0.39 is 0 Å². The number of hydrogen-bond donors (Lipinski definition) is 1. The summed E-state index contributed by atoms with van der Waals surface area (Å²) < 4.78 is 1.17. The number of nitrogens with one attached hydrogen (secondary N) is 1. The van der Waals surface area contributed by atoms with Crippen molar-refractivity contribution in [3.8, 4) is 0 Å². The third kappa shape index (κ3) is 2.62. The van der Waals surface area contributed by atoms with Crippen LogP contribution in [0.1, 0.15) is 38.2 Å². The summed E-state index contributed by atoms with van der Waals surface area (Å²) in [6, 6.07) is 8.04. The van der Waals surface area contributed by atoms with Gasteiger partial charge in [-0.25, -0.2) is 5.43 Å². The normalized spacial score (nSPS) is 31.9. The van der Waals surface area contributed by atoms with Crippen LogP contribution < -0.4 is 5.43 Å². The highest BCUT2D eigenvalue weighted by Gasteiger charge is 2.64. The van der Waals surface area contributed by atoms with Crippen molar-refractivity contribution in [1.29, 1.82) is 0 Å². The number of carbonyl (C=O) groups excluding carboxylic acids is 1. The largest absolute Gasteiger partial charge is 0.273 e. The Morgan fingerprint density at radius 2 is 2.35 bits per heavy atom. The lowest BCUT2D eigenvalue weighted by molar-refractivity contribution is -0.123. The van der Waals surface area contributed by atoms with Crippen LogP contribution in [-0.4, -0.2) is 12.1 Å². The van der Waals surface area contributed by atoms with Gasteiger partial charge in [0.1, 0.15) is 0 Å². The van der Waals surface area contributed by atoms with Crippen LogP contribution >= 0.6 is 22.6 Å². The number of benzene rings is 1. The molecule has 1 aromatic rings. The highest BCUT2D eigenvalue weighted by Crippen LogP contribution is 2.66. The van der Waals surface area contributed by atoms with E-state index in [0.717, 1.165) is 5.56 Å². The minimum Gasteiger partial charge on any atom is -0.273 e. The molecule has 0 aromatic heterocycles. The second kappa shape index (κ2) is 5.47. The van der Waals surface area contributed by atoms with E-state index in [2.05, 4.69) is 40.0 Å². The maximum atomic E-state index is 12.2. The zero-order valence-corrected chi connectivity index (χ0v) is 13.8. The fourth-order valence-electron chi connectivity index (χ4n) is 3.68. The van der Waals surface area contributed by atoms with Crippen molar-refractivity contribution < 1.29 is 4.79 Å². The lowest BCUT2D eigenvalue weighted by Gasteiger charge is -2.15. The quantitative estimate of drug-likeness (QED) is 0.485. The monoisotopic (exact) mass is 382 g/mol. The number of hydrogen-bond acceptors (Lipinski definition) is 2. The van der Waals surface area contributed by atoms with Crippen LogP contribution in [0.3, 0.4) is 0 Å². The first-order chi connectivity index (χ1) is 9.61. The summed E-state index contributed by atoms with van der Waals surface area (Å²) in [6.45, 7) is 2.25. The van der Waals surface area contributed by atoms with Crippen LogP contribution in [0.5, 0.6) is 0 Å². The molecule has 1 N–H and O–H groups in total. The van der Waals surface area contributed by atoms with E-state index >= 15 is 0 Å². The fraction of sp³-hybridized carbons (Fsp3) is 0.500. The van der Waals surface area contributed by atoms with Crippen molar-refractivity contribution in [3.63, 3.8) is 0 Å². The van der Waals surface area contributed by atoms with Gasteiger partial charge in [-0.15, -0.1) is 0 Å². The van der Waals surface area contributed by atoms with Gasteiger partial charge in [0.2, 0.25) is 5.91 Å². The molecule has 0 spiro atoms. The second-order valence-corrected chi connectivity index (χ2v) is 7.37. The van der Waals surface area contributed by atoms with Gasteiger partial charge in [-0.2, -0.15) is 5.10 Å². The molecule has 2 fully saturated rings. The second-order valence-electron chi connectivity index (χ2n) is 6.13. The van der Waals surface area contributed by atoms with Gasteiger partial charge in [0.15, 0.2) is 0 Å². The van der Waals surface area contributed by atoms with Crippen molar-refractivity contribution in [2.45, 2.75) is 32.6 Å². The molecule has 3 nitrogen and oxygen atoms in total. The van der Waals surface area contributed by atoms with Gasteiger partial charge >= 0.3 is 0 Å². The zero-order valence-electron chi connectivity index (χ0n) is 11.6. The maximum Gasteiger partial charge on any atom is 0.244 e. The van der Waals surface area contributed by atoms with E-state index in [1.807, 2.05) is 24.3 Å². The maximum absolute atomic E-state index is 12.2. The lowest BCUT2D eigenvalue weighted by atomic mass is 9.90. The van der Waals surface area contributed by atoms with Crippen LogP contribution in [0.15, 0.2) is 29.4 Å². The predicted molar refractivity (Wildman–Crippen MR) is 88.5 cm³/mol. The van der Waals surface area contributed by atoms with Crippen molar-refractivity contribution >= 4 is 34.7 Å². The Hall–Kier alpha value is -0.910. The van der Waals surface area contributed by atoms with Gasteiger partial charge in [-0.3, -0.25) is 4.79 Å². The number of hydrazone groups is 1. The summed E-state index contributed by atoms with van der Waals surface area (Å²) in [5.41, 5.74) is 3.98. The van der Waals surface area contributed by atoms with E-state index in [1.54, 1.807) is 6.21 Å². The number of fused-ring (bicyclic) bond motifs is 1. The Kier molecular flexibility index (Phi) is 3.84. The van der Waals surface area contributed by atoms with E-state index in [1.165, 1.54) is 29.3 Å². The molecule has 2 aliphatic rings. The van der Waals surface area contributed by atoms with Gasteiger partial charge in [0, 0.05) is 9.49 Å². The van der Waals surface area contributed by atoms with Crippen molar-refractivity contribution in [3.05, 3.63) is 33.4 Å². The van der Waals surface area contributed by atoms with Crippen LogP contribution in [0.25, 0.3) is 0 Å². The highest BCUT2D eigenvalue weighted by atomic mass is 127. The number of carbonyl (C=O) groups is 1. The molecule has 3 atom stereocenters. The molecule has 1 amide bonds. The van der Waals surface area contributed by atoms with Crippen molar-refractivity contribution in [2.24, 2.45) is 22.4 Å². The highest BCUT2D eigenvalue weighted by molar-refractivity contribution is 14.1. The lowest BCUT2D eigenvalue weighted by Crippen LogP contribution is -2.22. The first-order valence-corrected chi connectivity index (χ1v) is 8.27. The Bertz CT molecular complexity index is 557. The zero-order chi connectivity index (χ0) is 14.2. The molecule has 2 saturated carbocycles. The molecule has 0 unspecified atom stereocenters. The first kappa shape index (κ1) is 14.0. The molecule has 2 aliphatic carbocycles. The Morgan fingerprint density at radius 3 is 3.05 bits per heavy atom. The SMILES string of the molecule is C[C@]12CCCC[C@H]1[C@H]2C(=O)N/N=C\c1cccc(I)c1. The fourth-order valence-corrected chi connectivity index (χ4v) is 4.24. The van der Waals surface area contributed by atoms with Gasteiger partial charge in [0.05, 0.1) is 6.21 Å². The third-order valence-corrected chi connectivity index (χ3v) is 5.52. The van der Waals surface area contributed by atoms with E-state index in [9.17, 15) is 4.79 Å². The summed E-state index contributed by atoms with van der Waals surface area (Å²) in [5, 5.41) is 4.11. The predicted octanol–water partition coefficient (Wildman–Crippen LogP) is 3.57. The molecule has 1 aromatic carbocycles. The summed E-state index contributed by atoms with van der Waals surface area (Å²) in [4.78, 5) is 12.2. The summed E-state index contributed by atoms with van der Waals surface area (Å²) in [5.74, 6) is 0.864. The minimum absolute atomic E-state index is 0.0984. The molecule has 0 radical (unpaired) electrons. The molecule has 20 heavy (non-hydrogen) atoms. The van der Waals surface area contributed by atoms with Crippen LogP contribution in [-0.2, 0) is 4.79 Å². The molecular weight excluding hydrogens is 363 g/mol. The standard InChI is InChI=1S/C16H19IN2O/c1-16-8-3-2-7-13(16)14(16)15(20)19-18-10-11-5-4-6-12(17)9-11/h4-6,9-10,13-14H,2-3,7-8H2,1H3,(H,19,20)/b18-10-/t13-,14-,16-/m0/s1. The Balaban J connectivity index is 1.58. The van der Waals surface area contributed by atoms with Gasteiger partial charge in [-0.05, 0) is 64.5 Å². The van der Waals surface area contributed by atoms with E-state index in [-0.39, 0.29) is 17.2 Å². The van der Waals surface area contributed by atoms with E-state index in [0.29, 0.717) is 5.92 Å². The molecule has 0 heterocycles. The average molecular weight is 382 g/mol. The summed E-state index contributed by atoms with van der Waals surface area (Å²) in [6.07, 6.45) is 6.65. The molecule has 0 aliphatic heterocycles. The molecule has 0 bridgehead atoms. The molecule has 0 saturated heterocycles. The molecule has 4 heteroatoms. The smallest absolute Gasteiger partial charge is 0.244 e. The molecule has 3 rings (SSSR count). The summed E-state index contributed by atoms with van der Waals surface area (Å²) >= 11 is 2.27. The number of rotatable bonds is 3. The Labute approximate surface area is 133 Å². The Morgan fingerprint density at radius 1 is 1.50 bits per heavy atom. The third-order valence-electron chi connectivity index (χ3n) is 4.85. The average Bonchev–Trinajstić information content (AvgIpc) is 3.04. The topological polar surface area (TPSA) is 41.5 Å². The molecular formula is C16H19IN2O. The van der Waals surface area contributed by atoms with Gasteiger partial charge in [0.25, 0.3) is 0 Å². The van der Waals surface area contributed by atoms with Crippen LogP contribution in [0, 0.1) is 20.8 Å². The van der Waals surface area contributed by atoms with E-state index in [4.69, 9.17) is 0 Å². The van der Waals surface area contributed by atoms with Crippen LogP contribution in [0.4, 0.5) is 0 Å². The molecule has 106 valence electrons. The van der Waals surface area contributed by atoms with Gasteiger partial charge < -0.3 is 0 Å².